The third kappa shape index (κ3) is 3.68. The minimum Gasteiger partial charge on any atom is -0.394 e. The summed E-state index contributed by atoms with van der Waals surface area (Å²) in [6, 6.07) is 3.73. The third-order valence-electron chi connectivity index (χ3n) is 3.69. The number of hydrogen-bond donors (Lipinski definition) is 3. The molecule has 1 aliphatic heterocycles. The minimum atomic E-state index is -0.262. The highest BCUT2D eigenvalue weighted by molar-refractivity contribution is 8.18. The molecule has 1 atom stereocenters. The summed E-state index contributed by atoms with van der Waals surface area (Å²) < 4.78 is 0. The number of nitrogens with zero attached hydrogens (tertiary/aromatic N) is 2. The number of aromatic nitrogens is 2. The van der Waals surface area contributed by atoms with Gasteiger partial charge in [0.25, 0.3) is 5.91 Å². The van der Waals surface area contributed by atoms with Gasteiger partial charge in [0, 0.05) is 23.3 Å². The molecule has 1 aliphatic rings. The van der Waals surface area contributed by atoms with Crippen LogP contribution in [0.3, 0.4) is 0 Å². The Balaban J connectivity index is 1.75. The number of aliphatic imine (C=N–C) groups is 1. The van der Waals surface area contributed by atoms with Gasteiger partial charge >= 0.3 is 0 Å². The SMILES string of the molecule is CC(C)C[C@H](CO)NC1=NC(=O)/C(=C/c2c[nH]c3ncccc23)S1. The van der Waals surface area contributed by atoms with Gasteiger partial charge in [0.2, 0.25) is 0 Å². The Labute approximate surface area is 144 Å². The van der Waals surface area contributed by atoms with Crippen molar-refractivity contribution in [1.29, 1.82) is 0 Å². The lowest BCUT2D eigenvalue weighted by Crippen LogP contribution is -2.36. The Hall–Kier alpha value is -2.12. The van der Waals surface area contributed by atoms with E-state index in [1.807, 2.05) is 24.4 Å². The maximum atomic E-state index is 12.1. The van der Waals surface area contributed by atoms with E-state index in [2.05, 4.69) is 34.1 Å². The molecule has 0 fully saturated rings. The van der Waals surface area contributed by atoms with E-state index in [1.165, 1.54) is 11.8 Å². The maximum Gasteiger partial charge on any atom is 0.286 e. The van der Waals surface area contributed by atoms with Crippen LogP contribution in [0.2, 0.25) is 0 Å². The first kappa shape index (κ1) is 16.7. The first-order valence-corrected chi connectivity index (χ1v) is 8.70. The number of thioether (sulfide) groups is 1. The van der Waals surface area contributed by atoms with Gasteiger partial charge in [-0.05, 0) is 42.3 Å². The Morgan fingerprint density at radius 1 is 1.46 bits per heavy atom. The van der Waals surface area contributed by atoms with Crippen molar-refractivity contribution in [2.45, 2.75) is 26.3 Å². The lowest BCUT2D eigenvalue weighted by atomic mass is 10.1. The van der Waals surface area contributed by atoms with E-state index in [-0.39, 0.29) is 18.6 Å². The van der Waals surface area contributed by atoms with Gasteiger partial charge in [0.05, 0.1) is 17.6 Å². The second kappa shape index (κ2) is 7.19. The molecule has 3 N–H and O–H groups in total. The highest BCUT2D eigenvalue weighted by Gasteiger charge is 2.24. The van der Waals surface area contributed by atoms with Gasteiger partial charge in [-0.1, -0.05) is 13.8 Å². The molecule has 0 aliphatic carbocycles. The number of pyridine rings is 1. The molecule has 1 amide bonds. The number of carbonyl (C=O) groups excluding carboxylic acids is 1. The summed E-state index contributed by atoms with van der Waals surface area (Å²) in [5, 5.41) is 14.1. The second-order valence-corrected chi connectivity index (χ2v) is 7.16. The highest BCUT2D eigenvalue weighted by atomic mass is 32.2. The van der Waals surface area contributed by atoms with Gasteiger partial charge in [-0.25, -0.2) is 4.98 Å². The number of aliphatic hydroxyl groups excluding tert-OH is 1. The number of rotatable bonds is 5. The Morgan fingerprint density at radius 2 is 2.29 bits per heavy atom. The predicted octanol–water partition coefficient (Wildman–Crippen LogP) is 2.53. The van der Waals surface area contributed by atoms with Gasteiger partial charge in [-0.15, -0.1) is 0 Å². The van der Waals surface area contributed by atoms with Gasteiger partial charge < -0.3 is 15.4 Å². The molecule has 0 aromatic carbocycles. The van der Waals surface area contributed by atoms with Crippen LogP contribution in [-0.2, 0) is 4.79 Å². The van der Waals surface area contributed by atoms with Crippen LogP contribution in [-0.4, -0.2) is 38.8 Å². The summed E-state index contributed by atoms with van der Waals surface area (Å²) in [7, 11) is 0. The zero-order valence-electron chi connectivity index (χ0n) is 13.6. The molecule has 0 saturated heterocycles. The molecule has 126 valence electrons. The quantitative estimate of drug-likeness (QED) is 0.725. The summed E-state index contributed by atoms with van der Waals surface area (Å²) in [6.07, 6.45) is 6.19. The van der Waals surface area contributed by atoms with Gasteiger partial charge in [-0.3, -0.25) is 4.79 Å². The molecule has 3 heterocycles. The summed E-state index contributed by atoms with van der Waals surface area (Å²) in [6.45, 7) is 4.20. The van der Waals surface area contributed by atoms with Crippen molar-refractivity contribution in [1.82, 2.24) is 15.3 Å². The fraction of sp³-hybridized carbons (Fsp3) is 0.353. The first-order chi connectivity index (χ1) is 11.6. The number of nitrogens with one attached hydrogen (secondary N) is 2. The summed E-state index contributed by atoms with van der Waals surface area (Å²) in [4.78, 5) is 24.1. The standard InChI is InChI=1S/C17H20N4O2S/c1-10(2)6-12(9-22)20-17-21-16(23)14(24-17)7-11-8-19-15-13(11)4-3-5-18-15/h3-5,7-8,10,12,22H,6,9H2,1-2H3,(H,18,19)(H,20,21,23)/b14-7-/t12-/m1/s1. The van der Waals surface area contributed by atoms with Crippen LogP contribution in [0.1, 0.15) is 25.8 Å². The topological polar surface area (TPSA) is 90.4 Å². The van der Waals surface area contributed by atoms with Gasteiger partial charge in [0.15, 0.2) is 5.17 Å². The molecule has 3 rings (SSSR count). The van der Waals surface area contributed by atoms with Crippen LogP contribution in [0, 0.1) is 5.92 Å². The smallest absolute Gasteiger partial charge is 0.286 e. The number of amidine groups is 1. The largest absolute Gasteiger partial charge is 0.394 e. The van der Waals surface area contributed by atoms with Crippen LogP contribution in [0.4, 0.5) is 0 Å². The normalized spacial score (nSPS) is 17.8. The minimum absolute atomic E-state index is 0.0130. The van der Waals surface area contributed by atoms with Gasteiger partial charge in [0.1, 0.15) is 5.65 Å². The maximum absolute atomic E-state index is 12.1. The number of H-pyrrole nitrogens is 1. The zero-order valence-corrected chi connectivity index (χ0v) is 14.4. The lowest BCUT2D eigenvalue weighted by molar-refractivity contribution is -0.113. The van der Waals surface area contributed by atoms with Gasteiger partial charge in [-0.2, -0.15) is 4.99 Å². The van der Waals surface area contributed by atoms with Crippen LogP contribution in [0.25, 0.3) is 17.1 Å². The van der Waals surface area contributed by atoms with Crippen LogP contribution in [0.5, 0.6) is 0 Å². The number of fused-ring (bicyclic) bond motifs is 1. The zero-order chi connectivity index (χ0) is 17.1. The molecule has 2 aromatic rings. The van der Waals surface area contributed by atoms with Crippen molar-refractivity contribution in [3.63, 3.8) is 0 Å². The van der Waals surface area contributed by atoms with Crippen molar-refractivity contribution in [3.05, 3.63) is 35.0 Å². The monoisotopic (exact) mass is 344 g/mol. The molecule has 0 unspecified atom stereocenters. The molecule has 0 spiro atoms. The van der Waals surface area contributed by atoms with Crippen molar-refractivity contribution in [3.8, 4) is 0 Å². The summed E-state index contributed by atoms with van der Waals surface area (Å²) >= 11 is 1.30. The van der Waals surface area contributed by atoms with E-state index in [9.17, 15) is 9.90 Å². The van der Waals surface area contributed by atoms with E-state index in [0.717, 1.165) is 23.0 Å². The molecule has 24 heavy (non-hydrogen) atoms. The van der Waals surface area contributed by atoms with E-state index >= 15 is 0 Å². The van der Waals surface area contributed by atoms with Crippen molar-refractivity contribution >= 4 is 39.9 Å². The van der Waals surface area contributed by atoms with E-state index < -0.39 is 0 Å². The molecule has 6 nitrogen and oxygen atoms in total. The van der Waals surface area contributed by atoms with Crippen molar-refractivity contribution < 1.29 is 9.90 Å². The van der Waals surface area contributed by atoms with E-state index in [4.69, 9.17) is 0 Å². The van der Waals surface area contributed by atoms with E-state index in [0.29, 0.717) is 16.0 Å². The number of amides is 1. The molecule has 0 bridgehead atoms. The van der Waals surface area contributed by atoms with E-state index in [1.54, 1.807) is 6.20 Å². The second-order valence-electron chi connectivity index (χ2n) is 6.13. The number of aliphatic hydroxyl groups is 1. The molecule has 2 aromatic heterocycles. The molecule has 0 saturated carbocycles. The third-order valence-corrected chi connectivity index (χ3v) is 4.61. The summed E-state index contributed by atoms with van der Waals surface area (Å²) in [5.74, 6) is 0.188. The average Bonchev–Trinajstić information content (AvgIpc) is 3.11. The predicted molar refractivity (Wildman–Crippen MR) is 97.6 cm³/mol. The first-order valence-electron chi connectivity index (χ1n) is 7.89. The lowest BCUT2D eigenvalue weighted by Gasteiger charge is -2.18. The fourth-order valence-electron chi connectivity index (χ4n) is 2.63. The molecule has 7 heteroatoms. The van der Waals surface area contributed by atoms with Crippen LogP contribution >= 0.6 is 11.8 Å². The molecular weight excluding hydrogens is 324 g/mol. The Morgan fingerprint density at radius 3 is 3.04 bits per heavy atom. The summed E-state index contributed by atoms with van der Waals surface area (Å²) in [5.41, 5.74) is 1.70. The highest BCUT2D eigenvalue weighted by Crippen LogP contribution is 2.29. The number of aromatic amines is 1. The number of carbonyl (C=O) groups is 1. The number of hydrogen-bond acceptors (Lipinski definition) is 5. The van der Waals surface area contributed by atoms with Crippen LogP contribution < -0.4 is 5.32 Å². The van der Waals surface area contributed by atoms with Crippen molar-refractivity contribution in [2.24, 2.45) is 10.9 Å². The fourth-order valence-corrected chi connectivity index (χ4v) is 3.51. The Kier molecular flexibility index (Phi) is 5.01. The van der Waals surface area contributed by atoms with Crippen molar-refractivity contribution in [2.75, 3.05) is 6.61 Å². The Bertz CT molecular complexity index is 810. The molecule has 0 radical (unpaired) electrons. The van der Waals surface area contributed by atoms with Crippen LogP contribution in [0.15, 0.2) is 34.4 Å². The average molecular weight is 344 g/mol. The molecular formula is C17H20N4O2S.